The van der Waals surface area contributed by atoms with E-state index >= 15 is 0 Å². The largest absolute Gasteiger partial charge is 0.331 e. The number of carbonyl (C=O) groups is 2. The van der Waals surface area contributed by atoms with Crippen LogP contribution in [-0.4, -0.2) is 44.6 Å². The molecule has 28 heavy (non-hydrogen) atoms. The van der Waals surface area contributed by atoms with Gasteiger partial charge in [-0.15, -0.1) is 0 Å². The molecule has 2 aliphatic rings. The number of fused-ring (bicyclic) bond motifs is 1. The number of urea groups is 1. The van der Waals surface area contributed by atoms with E-state index in [0.29, 0.717) is 24.3 Å². The topological polar surface area (TPSA) is 67.2 Å². The van der Waals surface area contributed by atoms with Gasteiger partial charge < -0.3 is 10.2 Å². The van der Waals surface area contributed by atoms with Crippen molar-refractivity contribution < 1.29 is 14.0 Å². The maximum atomic E-state index is 13.9. The summed E-state index contributed by atoms with van der Waals surface area (Å²) in [5, 5.41) is 7.38. The molecule has 1 aromatic heterocycles. The van der Waals surface area contributed by atoms with Crippen LogP contribution in [0.1, 0.15) is 38.8 Å². The first-order chi connectivity index (χ1) is 13.3. The van der Waals surface area contributed by atoms with Gasteiger partial charge >= 0.3 is 6.03 Å². The lowest BCUT2D eigenvalue weighted by Gasteiger charge is -2.38. The van der Waals surface area contributed by atoms with E-state index in [1.807, 2.05) is 18.7 Å². The zero-order valence-electron chi connectivity index (χ0n) is 16.2. The molecule has 4 rings (SSSR count). The number of nitrogens with zero attached hydrogens (tertiary/aromatic N) is 3. The number of para-hydroxylation sites is 1. The second kappa shape index (κ2) is 7.04. The fourth-order valence-electron chi connectivity index (χ4n) is 4.41. The number of nitrogens with one attached hydrogen (secondary N) is 1. The van der Waals surface area contributed by atoms with Gasteiger partial charge in [0, 0.05) is 19.2 Å². The molecule has 2 atom stereocenters. The van der Waals surface area contributed by atoms with Crippen LogP contribution < -0.4 is 5.32 Å². The summed E-state index contributed by atoms with van der Waals surface area (Å²) >= 11 is 0. The molecule has 0 bridgehead atoms. The fraction of sp³-hybridized carbons (Fsp3) is 0.476. The lowest BCUT2D eigenvalue weighted by Crippen LogP contribution is -2.48. The second-order valence-electron chi connectivity index (χ2n) is 8.37. The molecule has 0 aliphatic carbocycles. The number of aromatic nitrogens is 2. The van der Waals surface area contributed by atoms with E-state index in [0.717, 1.165) is 12.8 Å². The molecule has 1 N–H and O–H groups in total. The third kappa shape index (κ3) is 3.53. The standard InChI is InChI=1S/C21H25FN4O2/c1-21(2)19-12-14(7-9-25(19)20(28)23-21)11-16(27)13-15-8-10-26(24-15)18-6-4-3-5-17(18)22/h3-6,8,10,14,19H,7,9,11-13H2,1-2H3,(H,23,28). The van der Waals surface area contributed by atoms with Crippen LogP contribution in [0.4, 0.5) is 9.18 Å². The summed E-state index contributed by atoms with van der Waals surface area (Å²) in [7, 11) is 0. The Morgan fingerprint density at radius 3 is 2.89 bits per heavy atom. The van der Waals surface area contributed by atoms with E-state index in [4.69, 9.17) is 0 Å². The first kappa shape index (κ1) is 18.7. The molecule has 2 aliphatic heterocycles. The zero-order chi connectivity index (χ0) is 19.9. The predicted octanol–water partition coefficient (Wildman–Crippen LogP) is 3.10. The summed E-state index contributed by atoms with van der Waals surface area (Å²) < 4.78 is 15.4. The SMILES string of the molecule is CC1(C)NC(=O)N2CCC(CC(=O)Cc3ccn(-c4ccccc4F)n3)CC21. The monoisotopic (exact) mass is 384 g/mol. The highest BCUT2D eigenvalue weighted by atomic mass is 19.1. The summed E-state index contributed by atoms with van der Waals surface area (Å²) in [6.07, 6.45) is 4.09. The van der Waals surface area contributed by atoms with Crippen LogP contribution in [-0.2, 0) is 11.2 Å². The number of piperidine rings is 1. The number of hydrogen-bond donors (Lipinski definition) is 1. The van der Waals surface area contributed by atoms with E-state index in [1.54, 1.807) is 30.5 Å². The van der Waals surface area contributed by atoms with Crippen molar-refractivity contribution in [2.24, 2.45) is 5.92 Å². The third-order valence-electron chi connectivity index (χ3n) is 5.87. The maximum Gasteiger partial charge on any atom is 0.318 e. The van der Waals surface area contributed by atoms with Crippen LogP contribution in [0.3, 0.4) is 0 Å². The van der Waals surface area contributed by atoms with Crippen molar-refractivity contribution in [3.05, 3.63) is 48.0 Å². The van der Waals surface area contributed by atoms with Gasteiger partial charge in [0.2, 0.25) is 0 Å². The molecule has 2 aromatic rings. The molecule has 7 heteroatoms. The highest BCUT2D eigenvalue weighted by Crippen LogP contribution is 2.35. The number of halogens is 1. The summed E-state index contributed by atoms with van der Waals surface area (Å²) in [6.45, 7) is 4.77. The Bertz CT molecular complexity index is 907. The normalized spacial score (nSPS) is 23.4. The summed E-state index contributed by atoms with van der Waals surface area (Å²) in [5.74, 6) is 0.0549. The lowest BCUT2D eigenvalue weighted by molar-refractivity contribution is -0.119. The molecule has 0 saturated carbocycles. The molecular formula is C21H25FN4O2. The van der Waals surface area contributed by atoms with Crippen molar-refractivity contribution in [1.29, 1.82) is 0 Å². The van der Waals surface area contributed by atoms with E-state index in [-0.39, 0.29) is 41.6 Å². The van der Waals surface area contributed by atoms with Gasteiger partial charge in [0.05, 0.1) is 23.7 Å². The van der Waals surface area contributed by atoms with Gasteiger partial charge in [0.1, 0.15) is 17.3 Å². The molecule has 2 fully saturated rings. The van der Waals surface area contributed by atoms with Gasteiger partial charge in [-0.3, -0.25) is 4.79 Å². The van der Waals surface area contributed by atoms with Crippen molar-refractivity contribution in [1.82, 2.24) is 20.0 Å². The predicted molar refractivity (Wildman–Crippen MR) is 103 cm³/mol. The van der Waals surface area contributed by atoms with Crippen LogP contribution in [0.2, 0.25) is 0 Å². The van der Waals surface area contributed by atoms with E-state index < -0.39 is 0 Å². The summed E-state index contributed by atoms with van der Waals surface area (Å²) in [4.78, 5) is 26.5. The molecule has 0 radical (unpaired) electrons. The molecule has 2 saturated heterocycles. The summed E-state index contributed by atoms with van der Waals surface area (Å²) in [5.41, 5.74) is 0.745. The van der Waals surface area contributed by atoms with Crippen molar-refractivity contribution in [2.75, 3.05) is 6.54 Å². The van der Waals surface area contributed by atoms with Crippen LogP contribution in [0.5, 0.6) is 0 Å². The molecule has 6 nitrogen and oxygen atoms in total. The third-order valence-corrected chi connectivity index (χ3v) is 5.87. The Balaban J connectivity index is 1.37. The summed E-state index contributed by atoms with van der Waals surface area (Å²) in [6, 6.07) is 8.31. The average Bonchev–Trinajstić information content (AvgIpc) is 3.17. The number of Topliss-reactive ketones (excluding diaryl/α,β-unsaturated/α-hetero) is 1. The molecule has 148 valence electrons. The highest BCUT2D eigenvalue weighted by Gasteiger charge is 2.47. The molecule has 2 unspecified atom stereocenters. The van der Waals surface area contributed by atoms with E-state index in [1.165, 1.54) is 10.7 Å². The number of amides is 2. The van der Waals surface area contributed by atoms with Gasteiger partial charge in [-0.1, -0.05) is 12.1 Å². The van der Waals surface area contributed by atoms with Gasteiger partial charge in [0.15, 0.2) is 0 Å². The molecule has 0 spiro atoms. The van der Waals surface area contributed by atoms with Crippen LogP contribution in [0, 0.1) is 11.7 Å². The van der Waals surface area contributed by atoms with Crippen molar-refractivity contribution in [3.8, 4) is 5.69 Å². The lowest BCUT2D eigenvalue weighted by atomic mass is 9.80. The number of ketones is 1. The minimum Gasteiger partial charge on any atom is -0.331 e. The van der Waals surface area contributed by atoms with Gasteiger partial charge in [-0.25, -0.2) is 13.9 Å². The average molecular weight is 384 g/mol. The number of carbonyl (C=O) groups excluding carboxylic acids is 2. The number of benzene rings is 1. The minimum absolute atomic E-state index is 0.00143. The molecular weight excluding hydrogens is 359 g/mol. The Hall–Kier alpha value is -2.70. The quantitative estimate of drug-likeness (QED) is 0.861. The second-order valence-corrected chi connectivity index (χ2v) is 8.37. The Kier molecular flexibility index (Phi) is 4.69. The Morgan fingerprint density at radius 2 is 2.11 bits per heavy atom. The highest BCUT2D eigenvalue weighted by molar-refractivity contribution is 5.81. The first-order valence-electron chi connectivity index (χ1n) is 9.73. The van der Waals surface area contributed by atoms with Crippen LogP contribution in [0.15, 0.2) is 36.5 Å². The van der Waals surface area contributed by atoms with E-state index in [2.05, 4.69) is 10.4 Å². The Labute approximate surface area is 163 Å². The van der Waals surface area contributed by atoms with Crippen LogP contribution in [0.25, 0.3) is 5.69 Å². The minimum atomic E-state index is -0.349. The Morgan fingerprint density at radius 1 is 1.32 bits per heavy atom. The number of rotatable bonds is 5. The smallest absolute Gasteiger partial charge is 0.318 e. The van der Waals surface area contributed by atoms with Gasteiger partial charge in [-0.2, -0.15) is 5.10 Å². The molecule has 3 heterocycles. The zero-order valence-corrected chi connectivity index (χ0v) is 16.2. The van der Waals surface area contributed by atoms with E-state index in [9.17, 15) is 14.0 Å². The van der Waals surface area contributed by atoms with Gasteiger partial charge in [-0.05, 0) is 50.8 Å². The van der Waals surface area contributed by atoms with Crippen molar-refractivity contribution in [2.45, 2.75) is 51.1 Å². The fourth-order valence-corrected chi connectivity index (χ4v) is 4.41. The van der Waals surface area contributed by atoms with Crippen molar-refractivity contribution >= 4 is 11.8 Å². The molecule has 2 amide bonds. The number of hydrogen-bond acceptors (Lipinski definition) is 3. The maximum absolute atomic E-state index is 13.9. The molecule has 1 aromatic carbocycles. The van der Waals surface area contributed by atoms with Crippen molar-refractivity contribution in [3.63, 3.8) is 0 Å². The van der Waals surface area contributed by atoms with Crippen LogP contribution >= 0.6 is 0 Å². The van der Waals surface area contributed by atoms with Gasteiger partial charge in [0.25, 0.3) is 0 Å². The first-order valence-corrected chi connectivity index (χ1v) is 9.73.